The molecule has 0 aromatic rings. The van der Waals surface area contributed by atoms with Crippen molar-refractivity contribution in [2.45, 2.75) is 96.9 Å². The van der Waals surface area contributed by atoms with E-state index in [1.165, 1.54) is 0 Å². The monoisotopic (exact) mass is 256 g/mol. The predicted molar refractivity (Wildman–Crippen MR) is 77.0 cm³/mol. The third kappa shape index (κ3) is 2.22. The van der Waals surface area contributed by atoms with Crippen molar-refractivity contribution in [3.05, 3.63) is 0 Å². The number of rotatable bonds is 6. The second kappa shape index (κ2) is 5.92. The summed E-state index contributed by atoms with van der Waals surface area (Å²) in [7, 11) is 0. The summed E-state index contributed by atoms with van der Waals surface area (Å²) in [5, 5.41) is 0. The highest BCUT2D eigenvalue weighted by molar-refractivity contribution is 5.05. The summed E-state index contributed by atoms with van der Waals surface area (Å²) in [6.45, 7) is 14.1. The Morgan fingerprint density at radius 2 is 1.11 bits per heavy atom. The molecule has 1 saturated heterocycles. The van der Waals surface area contributed by atoms with Gasteiger partial charge in [-0.2, -0.15) is 0 Å². The summed E-state index contributed by atoms with van der Waals surface area (Å²) in [6.07, 6.45) is 6.22. The molecule has 0 aliphatic carbocycles. The van der Waals surface area contributed by atoms with Gasteiger partial charge >= 0.3 is 0 Å². The molecule has 2 heteroatoms. The Kier molecular flexibility index (Phi) is 5.25. The van der Waals surface area contributed by atoms with E-state index in [1.54, 1.807) is 0 Å². The molecule has 0 atom stereocenters. The molecule has 18 heavy (non-hydrogen) atoms. The van der Waals surface area contributed by atoms with E-state index >= 15 is 0 Å². The van der Waals surface area contributed by atoms with Gasteiger partial charge in [-0.05, 0) is 38.5 Å². The Labute approximate surface area is 113 Å². The van der Waals surface area contributed by atoms with Crippen LogP contribution in [0.2, 0.25) is 0 Å². The fraction of sp³-hybridized carbons (Fsp3) is 1.00. The van der Waals surface area contributed by atoms with E-state index in [1.807, 2.05) is 0 Å². The fourth-order valence-corrected chi connectivity index (χ4v) is 3.67. The van der Waals surface area contributed by atoms with Gasteiger partial charge in [-0.15, -0.1) is 0 Å². The van der Waals surface area contributed by atoms with Gasteiger partial charge in [0.2, 0.25) is 0 Å². The number of ether oxygens (including phenoxy) is 2. The average molecular weight is 256 g/mol. The van der Waals surface area contributed by atoms with Gasteiger partial charge in [0, 0.05) is 0 Å². The van der Waals surface area contributed by atoms with Crippen LogP contribution in [0.5, 0.6) is 0 Å². The van der Waals surface area contributed by atoms with Crippen molar-refractivity contribution < 1.29 is 9.47 Å². The van der Waals surface area contributed by atoms with Crippen molar-refractivity contribution in [2.75, 3.05) is 6.61 Å². The predicted octanol–water partition coefficient (Wildman–Crippen LogP) is 4.71. The Morgan fingerprint density at radius 3 is 1.44 bits per heavy atom. The molecule has 0 aromatic heterocycles. The molecule has 108 valence electrons. The van der Waals surface area contributed by atoms with Gasteiger partial charge in [0.1, 0.15) is 0 Å². The first-order valence-electron chi connectivity index (χ1n) is 7.87. The van der Waals surface area contributed by atoms with Crippen LogP contribution >= 0.6 is 0 Å². The molecule has 1 aliphatic heterocycles. The van der Waals surface area contributed by atoms with Crippen LogP contribution in [0.25, 0.3) is 0 Å². The smallest absolute Gasteiger partial charge is 0.0974 e. The van der Waals surface area contributed by atoms with Crippen molar-refractivity contribution in [2.24, 2.45) is 0 Å². The maximum Gasteiger partial charge on any atom is 0.0974 e. The zero-order chi connectivity index (χ0) is 13.9. The van der Waals surface area contributed by atoms with Crippen molar-refractivity contribution >= 4 is 0 Å². The number of hydrogen-bond donors (Lipinski definition) is 0. The van der Waals surface area contributed by atoms with Crippen molar-refractivity contribution in [1.29, 1.82) is 0 Å². The van der Waals surface area contributed by atoms with E-state index in [2.05, 4.69) is 41.5 Å². The number of hydrogen-bond acceptors (Lipinski definition) is 2. The lowest BCUT2D eigenvalue weighted by atomic mass is 9.72. The molecule has 0 bridgehead atoms. The maximum atomic E-state index is 6.73. The highest BCUT2D eigenvalue weighted by Crippen LogP contribution is 2.49. The summed E-state index contributed by atoms with van der Waals surface area (Å²) in [6, 6.07) is 0. The minimum atomic E-state index is -0.110. The lowest BCUT2D eigenvalue weighted by Crippen LogP contribution is -2.66. The first-order chi connectivity index (χ1) is 8.53. The van der Waals surface area contributed by atoms with Gasteiger partial charge in [0.25, 0.3) is 0 Å². The summed E-state index contributed by atoms with van der Waals surface area (Å²) in [5.41, 5.74) is -0.273. The fourth-order valence-electron chi connectivity index (χ4n) is 3.67. The van der Waals surface area contributed by atoms with Crippen LogP contribution in [-0.2, 0) is 9.47 Å². The maximum absolute atomic E-state index is 6.73. The van der Waals surface area contributed by atoms with Gasteiger partial charge in [0.15, 0.2) is 0 Å². The van der Waals surface area contributed by atoms with Crippen LogP contribution in [0.1, 0.15) is 80.1 Å². The van der Waals surface area contributed by atoms with E-state index in [4.69, 9.17) is 9.47 Å². The molecule has 0 aromatic carbocycles. The lowest BCUT2D eigenvalue weighted by Gasteiger charge is -2.58. The normalized spacial score (nSPS) is 25.0. The Balaban J connectivity index is 3.14. The highest BCUT2D eigenvalue weighted by Gasteiger charge is 2.56. The van der Waals surface area contributed by atoms with Crippen molar-refractivity contribution in [3.8, 4) is 0 Å². The molecule has 1 aliphatic rings. The first-order valence-corrected chi connectivity index (χ1v) is 7.87. The second-order valence-corrected chi connectivity index (χ2v) is 5.68. The average Bonchev–Trinajstić information content (AvgIpc) is 2.46. The molecular weight excluding hydrogens is 224 g/mol. The Hall–Kier alpha value is -0.0800. The van der Waals surface area contributed by atoms with E-state index in [0.29, 0.717) is 0 Å². The summed E-state index contributed by atoms with van der Waals surface area (Å²) < 4.78 is 13.2. The molecule has 0 saturated carbocycles. The molecule has 0 N–H and O–H groups in total. The van der Waals surface area contributed by atoms with E-state index in [0.717, 1.165) is 45.1 Å². The minimum absolute atomic E-state index is 0.0696. The topological polar surface area (TPSA) is 18.5 Å². The molecular formula is C16H32O2. The largest absolute Gasteiger partial charge is 0.369 e. The summed E-state index contributed by atoms with van der Waals surface area (Å²) in [5.74, 6) is 0. The molecule has 0 amide bonds. The quantitative estimate of drug-likeness (QED) is 0.685. The summed E-state index contributed by atoms with van der Waals surface area (Å²) >= 11 is 0. The van der Waals surface area contributed by atoms with Gasteiger partial charge in [-0.1, -0.05) is 41.5 Å². The Bertz CT molecular complexity index is 248. The van der Waals surface area contributed by atoms with Crippen LogP contribution in [0.3, 0.4) is 0 Å². The highest BCUT2D eigenvalue weighted by atomic mass is 16.6. The standard InChI is InChI=1S/C16H32O2/c1-7-14(8-2)13-17-15(9-3,10-4)16(11-5,12-6)18-14/h7-13H2,1-6H3. The molecule has 1 rings (SSSR count). The van der Waals surface area contributed by atoms with Crippen LogP contribution < -0.4 is 0 Å². The van der Waals surface area contributed by atoms with Crippen LogP contribution in [0.4, 0.5) is 0 Å². The molecule has 0 spiro atoms. The van der Waals surface area contributed by atoms with Crippen molar-refractivity contribution in [1.82, 2.24) is 0 Å². The van der Waals surface area contributed by atoms with Gasteiger partial charge in [0.05, 0.1) is 23.4 Å². The molecule has 2 nitrogen and oxygen atoms in total. The molecule has 1 fully saturated rings. The van der Waals surface area contributed by atoms with Crippen LogP contribution in [0.15, 0.2) is 0 Å². The Morgan fingerprint density at radius 1 is 0.667 bits per heavy atom. The molecule has 1 heterocycles. The van der Waals surface area contributed by atoms with Crippen molar-refractivity contribution in [3.63, 3.8) is 0 Å². The third-order valence-corrected chi connectivity index (χ3v) is 5.43. The van der Waals surface area contributed by atoms with Gasteiger partial charge < -0.3 is 9.47 Å². The third-order valence-electron chi connectivity index (χ3n) is 5.43. The SMILES string of the molecule is CCC1(CC)COC(CC)(CC)C(CC)(CC)O1. The van der Waals surface area contributed by atoms with E-state index in [-0.39, 0.29) is 16.8 Å². The van der Waals surface area contributed by atoms with Gasteiger partial charge in [-0.3, -0.25) is 0 Å². The zero-order valence-corrected chi connectivity index (χ0v) is 13.3. The zero-order valence-electron chi connectivity index (χ0n) is 13.3. The first kappa shape index (κ1) is 16.0. The van der Waals surface area contributed by atoms with E-state index < -0.39 is 0 Å². The minimum Gasteiger partial charge on any atom is -0.369 e. The molecule has 0 unspecified atom stereocenters. The summed E-state index contributed by atoms with van der Waals surface area (Å²) in [4.78, 5) is 0. The van der Waals surface area contributed by atoms with Crippen LogP contribution in [-0.4, -0.2) is 23.4 Å². The lowest BCUT2D eigenvalue weighted by molar-refractivity contribution is -0.331. The molecule has 0 radical (unpaired) electrons. The second-order valence-electron chi connectivity index (χ2n) is 5.68. The van der Waals surface area contributed by atoms with E-state index in [9.17, 15) is 0 Å². The van der Waals surface area contributed by atoms with Crippen LogP contribution in [0, 0.1) is 0 Å². The van der Waals surface area contributed by atoms with Gasteiger partial charge in [-0.25, -0.2) is 0 Å².